The fourth-order valence-electron chi connectivity index (χ4n) is 4.68. The lowest BCUT2D eigenvalue weighted by Gasteiger charge is -2.35. The minimum absolute atomic E-state index is 0. The lowest BCUT2D eigenvalue weighted by Crippen LogP contribution is -2.48. The summed E-state index contributed by atoms with van der Waals surface area (Å²) in [6.45, 7) is 5.97. The van der Waals surface area contributed by atoms with Crippen LogP contribution in [0.5, 0.6) is 0 Å². The molecule has 3 rings (SSSR count). The SMILES string of the molecule is CN=C(NCC(c1ccc(Cl)cc1)N1CCOCC1)NCC1(CCOC)CCCC1.I. The van der Waals surface area contributed by atoms with Crippen LogP contribution in [0.1, 0.15) is 43.7 Å². The second kappa shape index (κ2) is 13.8. The van der Waals surface area contributed by atoms with Gasteiger partial charge in [0, 0.05) is 52.0 Å². The topological polar surface area (TPSA) is 58.1 Å². The highest BCUT2D eigenvalue weighted by atomic mass is 127. The monoisotopic (exact) mass is 564 g/mol. The van der Waals surface area contributed by atoms with Gasteiger partial charge >= 0.3 is 0 Å². The number of morpholine rings is 1. The molecule has 2 fully saturated rings. The Morgan fingerprint density at radius 3 is 2.48 bits per heavy atom. The van der Waals surface area contributed by atoms with Crippen molar-refractivity contribution in [3.8, 4) is 0 Å². The number of halogens is 2. The molecule has 1 unspecified atom stereocenters. The van der Waals surface area contributed by atoms with E-state index >= 15 is 0 Å². The highest BCUT2D eigenvalue weighted by Gasteiger charge is 2.33. The van der Waals surface area contributed by atoms with Crippen LogP contribution in [0.15, 0.2) is 29.3 Å². The summed E-state index contributed by atoms with van der Waals surface area (Å²) in [6, 6.07) is 8.43. The number of nitrogens with zero attached hydrogens (tertiary/aromatic N) is 2. The zero-order valence-electron chi connectivity index (χ0n) is 18.9. The first-order valence-corrected chi connectivity index (χ1v) is 11.5. The molecule has 1 heterocycles. The molecule has 0 bridgehead atoms. The minimum atomic E-state index is 0. The quantitative estimate of drug-likeness (QED) is 0.269. The van der Waals surface area contributed by atoms with Crippen LogP contribution in [0, 0.1) is 5.41 Å². The van der Waals surface area contributed by atoms with E-state index in [0.29, 0.717) is 5.41 Å². The first kappa shape index (κ1) is 26.6. The third-order valence-electron chi connectivity index (χ3n) is 6.56. The van der Waals surface area contributed by atoms with E-state index in [1.54, 1.807) is 7.11 Å². The molecule has 0 radical (unpaired) electrons. The van der Waals surface area contributed by atoms with Crippen LogP contribution in [0.25, 0.3) is 0 Å². The lowest BCUT2D eigenvalue weighted by atomic mass is 9.83. The number of methoxy groups -OCH3 is 1. The Kier molecular flexibility index (Phi) is 11.9. The molecule has 2 aliphatic rings. The Morgan fingerprint density at radius 1 is 1.19 bits per heavy atom. The van der Waals surface area contributed by atoms with Crippen molar-refractivity contribution in [2.24, 2.45) is 10.4 Å². The normalized spacial score (nSPS) is 20.2. The molecule has 1 saturated carbocycles. The Morgan fingerprint density at radius 2 is 1.87 bits per heavy atom. The Balaban J connectivity index is 0.00000341. The van der Waals surface area contributed by atoms with Gasteiger partial charge < -0.3 is 20.1 Å². The van der Waals surface area contributed by atoms with Gasteiger partial charge in [-0.15, -0.1) is 24.0 Å². The molecule has 1 aromatic carbocycles. The van der Waals surface area contributed by atoms with Crippen LogP contribution >= 0.6 is 35.6 Å². The van der Waals surface area contributed by atoms with Crippen LogP contribution in [-0.2, 0) is 9.47 Å². The molecule has 6 nitrogen and oxygen atoms in total. The second-order valence-electron chi connectivity index (χ2n) is 8.47. The van der Waals surface area contributed by atoms with Crippen molar-refractivity contribution in [2.75, 3.05) is 60.2 Å². The third-order valence-corrected chi connectivity index (χ3v) is 6.81. The van der Waals surface area contributed by atoms with E-state index in [4.69, 9.17) is 21.1 Å². The number of ether oxygens (including phenoxy) is 2. The van der Waals surface area contributed by atoms with Crippen molar-refractivity contribution in [3.05, 3.63) is 34.9 Å². The van der Waals surface area contributed by atoms with Gasteiger partial charge in [-0.3, -0.25) is 9.89 Å². The summed E-state index contributed by atoms with van der Waals surface area (Å²) < 4.78 is 10.9. The molecule has 0 amide bonds. The number of hydrogen-bond acceptors (Lipinski definition) is 4. The van der Waals surface area contributed by atoms with Crippen LogP contribution in [0.3, 0.4) is 0 Å². The summed E-state index contributed by atoms with van der Waals surface area (Å²) in [5.41, 5.74) is 1.59. The highest BCUT2D eigenvalue weighted by molar-refractivity contribution is 14.0. The van der Waals surface area contributed by atoms with E-state index < -0.39 is 0 Å². The van der Waals surface area contributed by atoms with E-state index in [0.717, 1.165) is 63.4 Å². The van der Waals surface area contributed by atoms with Crippen LogP contribution in [0.4, 0.5) is 0 Å². The predicted octanol–water partition coefficient (Wildman–Crippen LogP) is 4.09. The van der Waals surface area contributed by atoms with Crippen molar-refractivity contribution in [2.45, 2.75) is 38.1 Å². The molecular formula is C23H38ClIN4O2. The summed E-state index contributed by atoms with van der Waals surface area (Å²) in [6.07, 6.45) is 6.26. The van der Waals surface area contributed by atoms with Gasteiger partial charge in [0.1, 0.15) is 0 Å². The van der Waals surface area contributed by atoms with Crippen molar-refractivity contribution in [1.29, 1.82) is 0 Å². The van der Waals surface area contributed by atoms with Gasteiger partial charge in [-0.1, -0.05) is 36.6 Å². The maximum Gasteiger partial charge on any atom is 0.191 e. The number of aliphatic imine (C=N–C) groups is 1. The fourth-order valence-corrected chi connectivity index (χ4v) is 4.80. The fraction of sp³-hybridized carbons (Fsp3) is 0.696. The molecular weight excluding hydrogens is 527 g/mol. The molecule has 176 valence electrons. The predicted molar refractivity (Wildman–Crippen MR) is 139 cm³/mol. The maximum absolute atomic E-state index is 6.12. The zero-order chi connectivity index (χ0) is 21.2. The van der Waals surface area contributed by atoms with Gasteiger partial charge in [-0.25, -0.2) is 0 Å². The number of hydrogen-bond donors (Lipinski definition) is 2. The Labute approximate surface area is 209 Å². The molecule has 2 N–H and O–H groups in total. The lowest BCUT2D eigenvalue weighted by molar-refractivity contribution is 0.0170. The number of benzene rings is 1. The number of rotatable bonds is 9. The van der Waals surface area contributed by atoms with Crippen molar-refractivity contribution < 1.29 is 9.47 Å². The van der Waals surface area contributed by atoms with Crippen LogP contribution < -0.4 is 10.6 Å². The summed E-state index contributed by atoms with van der Waals surface area (Å²) >= 11 is 6.12. The summed E-state index contributed by atoms with van der Waals surface area (Å²) in [4.78, 5) is 6.96. The zero-order valence-corrected chi connectivity index (χ0v) is 22.0. The molecule has 1 saturated heterocycles. The second-order valence-corrected chi connectivity index (χ2v) is 8.91. The Hall–Kier alpha value is -0.610. The Bertz CT molecular complexity index is 662. The van der Waals surface area contributed by atoms with Crippen molar-refractivity contribution >= 4 is 41.5 Å². The van der Waals surface area contributed by atoms with Gasteiger partial charge in [0.05, 0.1) is 19.3 Å². The first-order valence-electron chi connectivity index (χ1n) is 11.2. The highest BCUT2D eigenvalue weighted by Crippen LogP contribution is 2.40. The summed E-state index contributed by atoms with van der Waals surface area (Å²) in [7, 11) is 3.64. The van der Waals surface area contributed by atoms with E-state index in [-0.39, 0.29) is 30.0 Å². The van der Waals surface area contributed by atoms with Crippen LogP contribution in [0.2, 0.25) is 5.02 Å². The van der Waals surface area contributed by atoms with E-state index in [1.165, 1.54) is 31.2 Å². The largest absolute Gasteiger partial charge is 0.385 e. The first-order chi connectivity index (χ1) is 14.7. The maximum atomic E-state index is 6.12. The number of nitrogens with one attached hydrogen (secondary N) is 2. The van der Waals surface area contributed by atoms with Crippen molar-refractivity contribution in [3.63, 3.8) is 0 Å². The molecule has 0 aromatic heterocycles. The molecule has 1 aliphatic heterocycles. The van der Waals surface area contributed by atoms with Gasteiger partial charge in [-0.05, 0) is 42.4 Å². The summed E-state index contributed by atoms with van der Waals surface area (Å²) in [5, 5.41) is 7.93. The molecule has 31 heavy (non-hydrogen) atoms. The van der Waals surface area contributed by atoms with Gasteiger partial charge in [-0.2, -0.15) is 0 Å². The molecule has 1 aromatic rings. The molecule has 1 aliphatic carbocycles. The molecule has 0 spiro atoms. The van der Waals surface area contributed by atoms with Crippen molar-refractivity contribution in [1.82, 2.24) is 15.5 Å². The number of guanidine groups is 1. The van der Waals surface area contributed by atoms with E-state index in [1.807, 2.05) is 19.2 Å². The minimum Gasteiger partial charge on any atom is -0.385 e. The van der Waals surface area contributed by atoms with E-state index in [9.17, 15) is 0 Å². The van der Waals surface area contributed by atoms with Crippen LogP contribution in [-0.4, -0.2) is 71.0 Å². The van der Waals surface area contributed by atoms with Gasteiger partial charge in [0.15, 0.2) is 5.96 Å². The molecule has 8 heteroatoms. The van der Waals surface area contributed by atoms with Gasteiger partial charge in [0.25, 0.3) is 0 Å². The average molecular weight is 565 g/mol. The van der Waals surface area contributed by atoms with Gasteiger partial charge in [0.2, 0.25) is 0 Å². The average Bonchev–Trinajstić information content (AvgIpc) is 3.25. The molecule has 1 atom stereocenters. The summed E-state index contributed by atoms with van der Waals surface area (Å²) in [5.74, 6) is 0.867. The standard InChI is InChI=1S/C23H37ClN4O2.HI/c1-25-22(27-18-23(11-14-29-2)9-3-4-10-23)26-17-21(28-12-15-30-16-13-28)19-5-7-20(24)8-6-19;/h5-8,21H,3-4,9-18H2,1-2H3,(H2,25,26,27);1H. The third kappa shape index (κ3) is 8.03. The smallest absolute Gasteiger partial charge is 0.191 e. The van der Waals surface area contributed by atoms with E-state index in [2.05, 4.69) is 32.7 Å².